The van der Waals surface area contributed by atoms with E-state index in [0.717, 1.165) is 23.5 Å². The Morgan fingerprint density at radius 1 is 1.05 bits per heavy atom. The molecule has 1 heterocycles. The fourth-order valence-electron chi connectivity index (χ4n) is 3.36. The van der Waals surface area contributed by atoms with Gasteiger partial charge in [0.15, 0.2) is 5.17 Å². The third-order valence-electron chi connectivity index (χ3n) is 5.16. The Morgan fingerprint density at radius 3 is 2.50 bits per heavy atom. The maximum absolute atomic E-state index is 12.5. The van der Waals surface area contributed by atoms with Crippen molar-refractivity contribution in [2.75, 3.05) is 11.1 Å². The topological polar surface area (TPSA) is 157 Å². The molecule has 3 aromatic carbocycles. The summed E-state index contributed by atoms with van der Waals surface area (Å²) in [6.45, 7) is 1.62. The van der Waals surface area contributed by atoms with Gasteiger partial charge in [0.1, 0.15) is 0 Å². The van der Waals surface area contributed by atoms with Gasteiger partial charge in [-0.05, 0) is 54.6 Å². The van der Waals surface area contributed by atoms with E-state index in [9.17, 15) is 29.8 Å². The molecule has 2 N–H and O–H groups in total. The summed E-state index contributed by atoms with van der Waals surface area (Å²) in [4.78, 5) is 51.3. The van der Waals surface area contributed by atoms with Crippen molar-refractivity contribution in [2.45, 2.75) is 11.8 Å². The largest absolute Gasteiger partial charge is 0.325 e. The number of nitrogens with zero attached hydrogens (tertiary/aromatic N) is 3. The second-order valence-electron chi connectivity index (χ2n) is 7.90. The molecule has 0 aromatic heterocycles. The number of nitrogens with one attached hydrogen (secondary N) is 2. The van der Waals surface area contributed by atoms with Gasteiger partial charge in [0.05, 0.1) is 31.1 Å². The van der Waals surface area contributed by atoms with Crippen molar-refractivity contribution >= 4 is 69.3 Å². The quantitative estimate of drug-likeness (QED) is 0.163. The Balaban J connectivity index is 1.48. The number of amidine groups is 1. The zero-order valence-corrected chi connectivity index (χ0v) is 21.4. The Kier molecular flexibility index (Phi) is 8.19. The number of nitro groups is 2. The van der Waals surface area contributed by atoms with Crippen molar-refractivity contribution in [3.63, 3.8) is 0 Å². The molecule has 11 nitrogen and oxygen atoms in total. The number of hydrogen-bond acceptors (Lipinski definition) is 9. The molecule has 2 amide bonds. The molecule has 0 saturated carbocycles. The predicted molar refractivity (Wildman–Crippen MR) is 148 cm³/mol. The molecule has 1 fully saturated rings. The summed E-state index contributed by atoms with van der Waals surface area (Å²) < 4.78 is 0. The van der Waals surface area contributed by atoms with Crippen LogP contribution in [-0.2, 0) is 9.59 Å². The van der Waals surface area contributed by atoms with E-state index in [1.807, 2.05) is 6.07 Å². The van der Waals surface area contributed by atoms with Crippen LogP contribution >= 0.6 is 23.5 Å². The molecule has 0 unspecified atom stereocenters. The van der Waals surface area contributed by atoms with Crippen LogP contribution in [0.1, 0.15) is 11.1 Å². The first-order chi connectivity index (χ1) is 18.2. The van der Waals surface area contributed by atoms with Crippen LogP contribution in [0, 0.1) is 27.2 Å². The monoisotopic (exact) mass is 549 g/mol. The number of rotatable bonds is 8. The number of nitro benzene ring substituents is 2. The van der Waals surface area contributed by atoms with Crippen molar-refractivity contribution in [3.05, 3.63) is 103 Å². The number of aryl methyl sites for hydroxylation is 1. The lowest BCUT2D eigenvalue weighted by Gasteiger charge is -2.06. The van der Waals surface area contributed by atoms with Crippen LogP contribution in [-0.4, -0.2) is 32.6 Å². The van der Waals surface area contributed by atoms with Crippen LogP contribution in [0.5, 0.6) is 0 Å². The lowest BCUT2D eigenvalue weighted by atomic mass is 10.2. The third kappa shape index (κ3) is 6.63. The average molecular weight is 550 g/mol. The Hall–Kier alpha value is -4.49. The fraction of sp³-hybridized carbons (Fsp3) is 0.0800. The number of anilines is 1. The number of carbonyl (C=O) groups excluding carboxylic acids is 2. The van der Waals surface area contributed by atoms with E-state index < -0.39 is 15.8 Å². The summed E-state index contributed by atoms with van der Waals surface area (Å²) in [6, 6.07) is 17.8. The summed E-state index contributed by atoms with van der Waals surface area (Å²) in [5.74, 6) is -0.772. The number of carbonyl (C=O) groups is 2. The highest BCUT2D eigenvalue weighted by Crippen LogP contribution is 2.34. The molecule has 192 valence electrons. The highest BCUT2D eigenvalue weighted by molar-refractivity contribution is 8.18. The molecule has 4 rings (SSSR count). The maximum Gasteiger partial charge on any atom is 0.283 e. The molecule has 3 aromatic rings. The molecule has 0 radical (unpaired) electrons. The van der Waals surface area contributed by atoms with E-state index in [0.29, 0.717) is 27.4 Å². The molecular weight excluding hydrogens is 530 g/mol. The van der Waals surface area contributed by atoms with Gasteiger partial charge in [-0.1, -0.05) is 30.3 Å². The molecule has 13 heteroatoms. The van der Waals surface area contributed by atoms with Gasteiger partial charge in [-0.3, -0.25) is 29.8 Å². The van der Waals surface area contributed by atoms with E-state index in [1.165, 1.54) is 24.3 Å². The molecule has 0 spiro atoms. The van der Waals surface area contributed by atoms with Crippen LogP contribution in [0.4, 0.5) is 22.7 Å². The number of aliphatic imine (C=N–C) groups is 1. The molecule has 38 heavy (non-hydrogen) atoms. The molecule has 0 aliphatic carbocycles. The smallest absolute Gasteiger partial charge is 0.283 e. The van der Waals surface area contributed by atoms with E-state index in [2.05, 4.69) is 15.6 Å². The van der Waals surface area contributed by atoms with Crippen LogP contribution in [0.25, 0.3) is 6.08 Å². The minimum absolute atomic E-state index is 0.0224. The zero-order chi connectivity index (χ0) is 27.2. The van der Waals surface area contributed by atoms with E-state index >= 15 is 0 Å². The highest BCUT2D eigenvalue weighted by atomic mass is 32.2. The van der Waals surface area contributed by atoms with Crippen LogP contribution < -0.4 is 10.6 Å². The van der Waals surface area contributed by atoms with E-state index in [4.69, 9.17) is 0 Å². The van der Waals surface area contributed by atoms with Gasteiger partial charge in [-0.15, -0.1) is 11.8 Å². The van der Waals surface area contributed by atoms with Crippen LogP contribution in [0.3, 0.4) is 0 Å². The van der Waals surface area contributed by atoms with Crippen molar-refractivity contribution in [1.29, 1.82) is 0 Å². The second kappa shape index (κ2) is 11.7. The normalized spacial score (nSPS) is 14.9. The summed E-state index contributed by atoms with van der Waals surface area (Å²) in [5.41, 5.74) is 1.56. The van der Waals surface area contributed by atoms with Crippen LogP contribution in [0.2, 0.25) is 0 Å². The van der Waals surface area contributed by atoms with Gasteiger partial charge >= 0.3 is 0 Å². The predicted octanol–water partition coefficient (Wildman–Crippen LogP) is 5.43. The van der Waals surface area contributed by atoms with Crippen LogP contribution in [0.15, 0.2) is 81.5 Å². The lowest BCUT2D eigenvalue weighted by molar-refractivity contribution is -0.387. The molecule has 0 bridgehead atoms. The summed E-state index contributed by atoms with van der Waals surface area (Å²) >= 11 is 2.05. The number of para-hydroxylation sites is 1. The highest BCUT2D eigenvalue weighted by Gasteiger charge is 2.25. The van der Waals surface area contributed by atoms with Crippen molar-refractivity contribution in [1.82, 2.24) is 5.32 Å². The molecule has 1 saturated heterocycles. The minimum Gasteiger partial charge on any atom is -0.325 e. The number of benzene rings is 3. The second-order valence-corrected chi connectivity index (χ2v) is 9.94. The average Bonchev–Trinajstić information content (AvgIpc) is 3.22. The minimum atomic E-state index is -0.543. The van der Waals surface area contributed by atoms with Gasteiger partial charge in [0.25, 0.3) is 17.3 Å². The standard InChI is InChI=1S/C25H19N5O6S2/c1-15-7-9-18(13-19(15)29(33)34)27-25-28-24(32)22(38-25)12-16-8-10-21(20(11-16)30(35)36)37-14-23(31)26-17-5-3-2-4-6-17/h2-13H,14H2,1H3,(H,26,31)(H,27,28,32)/b22-12-. The molecule has 1 aliphatic rings. The van der Waals surface area contributed by atoms with E-state index in [-0.39, 0.29) is 33.1 Å². The molecule has 0 atom stereocenters. The van der Waals surface area contributed by atoms with Gasteiger partial charge in [-0.25, -0.2) is 4.99 Å². The summed E-state index contributed by atoms with van der Waals surface area (Å²) in [6.07, 6.45) is 1.49. The Bertz CT molecular complexity index is 1510. The van der Waals surface area contributed by atoms with Gasteiger partial charge in [0, 0.05) is 23.4 Å². The number of amides is 2. The SMILES string of the molecule is Cc1ccc(N=C2NC(=O)/C(=C/c3ccc(SCC(=O)Nc4ccccc4)c([N+](=O)[O-])c3)S2)cc1[N+](=O)[O-]. The fourth-order valence-corrected chi connectivity index (χ4v) is 5.01. The van der Waals surface area contributed by atoms with Crippen molar-refractivity contribution in [3.8, 4) is 0 Å². The molecular formula is C25H19N5O6S2. The zero-order valence-electron chi connectivity index (χ0n) is 19.7. The number of thioether (sulfide) groups is 2. The third-order valence-corrected chi connectivity index (χ3v) is 7.14. The Morgan fingerprint density at radius 2 is 1.79 bits per heavy atom. The first-order valence-electron chi connectivity index (χ1n) is 11.0. The number of hydrogen-bond donors (Lipinski definition) is 2. The van der Waals surface area contributed by atoms with Gasteiger partial charge in [0.2, 0.25) is 5.91 Å². The maximum atomic E-state index is 12.5. The molecule has 1 aliphatic heterocycles. The lowest BCUT2D eigenvalue weighted by Crippen LogP contribution is -2.19. The van der Waals surface area contributed by atoms with Crippen molar-refractivity contribution < 1.29 is 19.4 Å². The Labute approximate surface area is 224 Å². The van der Waals surface area contributed by atoms with Crippen molar-refractivity contribution in [2.24, 2.45) is 4.99 Å². The van der Waals surface area contributed by atoms with Gasteiger partial charge < -0.3 is 10.6 Å². The summed E-state index contributed by atoms with van der Waals surface area (Å²) in [7, 11) is 0. The first-order valence-corrected chi connectivity index (χ1v) is 12.8. The summed E-state index contributed by atoms with van der Waals surface area (Å²) in [5, 5.41) is 28.4. The first kappa shape index (κ1) is 26.6. The van der Waals surface area contributed by atoms with E-state index in [1.54, 1.807) is 49.4 Å². The van der Waals surface area contributed by atoms with Gasteiger partial charge in [-0.2, -0.15) is 0 Å².